The van der Waals surface area contributed by atoms with Gasteiger partial charge in [-0.25, -0.2) is 4.98 Å². The summed E-state index contributed by atoms with van der Waals surface area (Å²) >= 11 is 0. The molecule has 3 nitrogen and oxygen atoms in total. The summed E-state index contributed by atoms with van der Waals surface area (Å²) in [5, 5.41) is 3.51. The van der Waals surface area contributed by atoms with Gasteiger partial charge in [0.15, 0.2) is 11.5 Å². The van der Waals surface area contributed by atoms with Crippen LogP contribution < -0.4 is 5.32 Å². The molecule has 0 atom stereocenters. The number of benzene rings is 1. The number of oxazole rings is 1. The van der Waals surface area contributed by atoms with E-state index in [1.54, 1.807) is 0 Å². The molecule has 0 unspecified atom stereocenters. The van der Waals surface area contributed by atoms with Gasteiger partial charge < -0.3 is 9.73 Å². The summed E-state index contributed by atoms with van der Waals surface area (Å²) in [7, 11) is 0. The van der Waals surface area contributed by atoms with Crippen LogP contribution in [0.5, 0.6) is 0 Å². The largest absolute Gasteiger partial charge is 0.440 e. The van der Waals surface area contributed by atoms with Crippen molar-refractivity contribution in [3.05, 3.63) is 24.1 Å². The Kier molecular flexibility index (Phi) is 3.45. The van der Waals surface area contributed by atoms with E-state index < -0.39 is 0 Å². The molecular formula is C16H22N2O. The van der Waals surface area contributed by atoms with Crippen LogP contribution in [0.2, 0.25) is 0 Å². The van der Waals surface area contributed by atoms with Crippen LogP contribution in [-0.4, -0.2) is 11.5 Å². The highest BCUT2D eigenvalue weighted by Crippen LogP contribution is 2.40. The Labute approximate surface area is 114 Å². The molecule has 1 fully saturated rings. The average Bonchev–Trinajstić information content (AvgIpc) is 3.20. The van der Waals surface area contributed by atoms with Gasteiger partial charge in [0.25, 0.3) is 0 Å². The molecule has 0 saturated heterocycles. The molecule has 1 aliphatic carbocycles. The fourth-order valence-electron chi connectivity index (χ4n) is 2.40. The van der Waals surface area contributed by atoms with Gasteiger partial charge >= 0.3 is 0 Å². The van der Waals surface area contributed by atoms with E-state index in [-0.39, 0.29) is 0 Å². The van der Waals surface area contributed by atoms with Gasteiger partial charge in [-0.3, -0.25) is 0 Å². The van der Waals surface area contributed by atoms with Crippen LogP contribution in [0, 0.1) is 5.92 Å². The lowest BCUT2D eigenvalue weighted by Gasteiger charge is -2.14. The van der Waals surface area contributed by atoms with E-state index in [1.807, 2.05) is 6.07 Å². The molecule has 1 saturated carbocycles. The highest BCUT2D eigenvalue weighted by molar-refractivity contribution is 5.77. The molecule has 0 bridgehead atoms. The van der Waals surface area contributed by atoms with Gasteiger partial charge in [0.1, 0.15) is 5.52 Å². The molecule has 1 aromatic carbocycles. The molecule has 0 amide bonds. The van der Waals surface area contributed by atoms with Gasteiger partial charge in [0, 0.05) is 18.2 Å². The number of nitrogens with zero attached hydrogens (tertiary/aromatic N) is 1. The van der Waals surface area contributed by atoms with Gasteiger partial charge in [-0.2, -0.15) is 0 Å². The standard InChI is InChI=1S/C16H22N2O/c1-3-11(4-2)10-17-13-7-8-15-14(9-13)18-16(19-15)12-5-6-12/h7-9,11-12,17H,3-6,10H2,1-2H3. The van der Waals surface area contributed by atoms with Gasteiger partial charge in [-0.05, 0) is 37.0 Å². The summed E-state index contributed by atoms with van der Waals surface area (Å²) in [5.41, 5.74) is 3.04. The summed E-state index contributed by atoms with van der Waals surface area (Å²) < 4.78 is 5.78. The van der Waals surface area contributed by atoms with Crippen LogP contribution >= 0.6 is 0 Å². The summed E-state index contributed by atoms with van der Waals surface area (Å²) in [5.74, 6) is 2.25. The van der Waals surface area contributed by atoms with Gasteiger partial charge in [0.2, 0.25) is 0 Å². The van der Waals surface area contributed by atoms with Crippen molar-refractivity contribution in [2.24, 2.45) is 5.92 Å². The van der Waals surface area contributed by atoms with Gasteiger partial charge in [0.05, 0.1) is 0 Å². The SMILES string of the molecule is CCC(CC)CNc1ccc2oc(C3CC3)nc2c1. The molecule has 3 heteroatoms. The molecule has 0 spiro atoms. The highest BCUT2D eigenvalue weighted by Gasteiger charge is 2.28. The topological polar surface area (TPSA) is 38.1 Å². The van der Waals surface area contributed by atoms with Crippen LogP contribution in [0.25, 0.3) is 11.1 Å². The predicted octanol–water partition coefficient (Wildman–Crippen LogP) is 4.55. The molecule has 3 rings (SSSR count). The number of hydrogen-bond donors (Lipinski definition) is 1. The van der Waals surface area contributed by atoms with Crippen LogP contribution in [0.4, 0.5) is 5.69 Å². The Morgan fingerprint density at radius 2 is 2.11 bits per heavy atom. The minimum absolute atomic E-state index is 0.577. The van der Waals surface area contributed by atoms with E-state index in [4.69, 9.17) is 4.42 Å². The maximum Gasteiger partial charge on any atom is 0.198 e. The van der Waals surface area contributed by atoms with Crippen LogP contribution in [0.3, 0.4) is 0 Å². The molecule has 1 heterocycles. The monoisotopic (exact) mass is 258 g/mol. The van der Waals surface area contributed by atoms with Crippen molar-refractivity contribution in [3.8, 4) is 0 Å². The second kappa shape index (κ2) is 5.24. The third kappa shape index (κ3) is 2.75. The Hall–Kier alpha value is -1.51. The van der Waals surface area contributed by atoms with Gasteiger partial charge in [-0.15, -0.1) is 0 Å². The van der Waals surface area contributed by atoms with Crippen molar-refractivity contribution < 1.29 is 4.42 Å². The Morgan fingerprint density at radius 3 is 2.79 bits per heavy atom. The smallest absolute Gasteiger partial charge is 0.198 e. The quantitative estimate of drug-likeness (QED) is 0.825. The van der Waals surface area contributed by atoms with E-state index in [1.165, 1.54) is 25.7 Å². The van der Waals surface area contributed by atoms with Crippen LogP contribution in [0.15, 0.2) is 22.6 Å². The zero-order chi connectivity index (χ0) is 13.2. The molecule has 1 aliphatic rings. The first-order valence-corrected chi connectivity index (χ1v) is 7.44. The first-order valence-electron chi connectivity index (χ1n) is 7.44. The average molecular weight is 258 g/mol. The molecule has 0 aliphatic heterocycles. The molecule has 1 N–H and O–H groups in total. The fraction of sp³-hybridized carbons (Fsp3) is 0.562. The van der Waals surface area contributed by atoms with E-state index in [0.717, 1.165) is 35.1 Å². The normalized spacial score (nSPS) is 15.3. The lowest BCUT2D eigenvalue weighted by Crippen LogP contribution is -2.12. The molecule has 19 heavy (non-hydrogen) atoms. The van der Waals surface area contributed by atoms with E-state index >= 15 is 0 Å². The van der Waals surface area contributed by atoms with Crippen molar-refractivity contribution in [1.29, 1.82) is 0 Å². The second-order valence-electron chi connectivity index (χ2n) is 5.57. The number of nitrogens with one attached hydrogen (secondary N) is 1. The Bertz CT molecular complexity index is 553. The first-order chi connectivity index (χ1) is 9.30. The Balaban J connectivity index is 1.73. The van der Waals surface area contributed by atoms with Crippen LogP contribution in [-0.2, 0) is 0 Å². The van der Waals surface area contributed by atoms with Crippen molar-refractivity contribution in [2.75, 3.05) is 11.9 Å². The second-order valence-corrected chi connectivity index (χ2v) is 5.57. The molecule has 0 radical (unpaired) electrons. The lowest BCUT2D eigenvalue weighted by molar-refractivity contribution is 0.519. The predicted molar refractivity (Wildman–Crippen MR) is 78.5 cm³/mol. The van der Waals surface area contributed by atoms with E-state index in [0.29, 0.717) is 5.92 Å². The minimum atomic E-state index is 0.577. The number of hydrogen-bond acceptors (Lipinski definition) is 3. The summed E-state index contributed by atoms with van der Waals surface area (Å²) in [6.07, 6.45) is 4.91. The fourth-order valence-corrected chi connectivity index (χ4v) is 2.40. The zero-order valence-electron chi connectivity index (χ0n) is 11.8. The Morgan fingerprint density at radius 1 is 1.32 bits per heavy atom. The first kappa shape index (κ1) is 12.5. The van der Waals surface area contributed by atoms with Crippen LogP contribution in [0.1, 0.15) is 51.3 Å². The third-order valence-electron chi connectivity index (χ3n) is 4.08. The highest BCUT2D eigenvalue weighted by atomic mass is 16.3. The number of aromatic nitrogens is 1. The van der Waals surface area contributed by atoms with Crippen molar-refractivity contribution in [1.82, 2.24) is 4.98 Å². The molecular weight excluding hydrogens is 236 g/mol. The molecule has 2 aromatic rings. The van der Waals surface area contributed by atoms with Gasteiger partial charge in [-0.1, -0.05) is 26.7 Å². The maximum absolute atomic E-state index is 5.78. The van der Waals surface area contributed by atoms with E-state index in [2.05, 4.69) is 36.3 Å². The summed E-state index contributed by atoms with van der Waals surface area (Å²) in [6, 6.07) is 6.23. The lowest BCUT2D eigenvalue weighted by atomic mass is 10.0. The molecule has 1 aromatic heterocycles. The molecule has 102 valence electrons. The van der Waals surface area contributed by atoms with Crippen molar-refractivity contribution in [3.63, 3.8) is 0 Å². The number of anilines is 1. The summed E-state index contributed by atoms with van der Waals surface area (Å²) in [6.45, 7) is 5.53. The van der Waals surface area contributed by atoms with E-state index in [9.17, 15) is 0 Å². The summed E-state index contributed by atoms with van der Waals surface area (Å²) in [4.78, 5) is 4.60. The number of rotatable bonds is 6. The van der Waals surface area contributed by atoms with Crippen molar-refractivity contribution >= 4 is 16.8 Å². The van der Waals surface area contributed by atoms with Crippen molar-refractivity contribution in [2.45, 2.75) is 45.4 Å². The number of fused-ring (bicyclic) bond motifs is 1. The minimum Gasteiger partial charge on any atom is -0.440 e. The third-order valence-corrected chi connectivity index (χ3v) is 4.08. The zero-order valence-corrected chi connectivity index (χ0v) is 11.8. The maximum atomic E-state index is 5.78.